The zero-order chi connectivity index (χ0) is 25.1. The molecule has 3 heterocycles. The third-order valence-corrected chi connectivity index (χ3v) is 6.77. The van der Waals surface area contributed by atoms with E-state index >= 15 is 0 Å². The molecule has 3 aromatic rings. The Bertz CT molecular complexity index is 1270. The summed E-state index contributed by atoms with van der Waals surface area (Å²) in [5.41, 5.74) is 3.07. The van der Waals surface area contributed by atoms with Crippen LogP contribution >= 0.6 is 23.2 Å². The first-order valence-electron chi connectivity index (χ1n) is 11.6. The van der Waals surface area contributed by atoms with E-state index in [1.165, 1.54) is 0 Å². The molecule has 0 unspecified atom stereocenters. The van der Waals surface area contributed by atoms with Crippen LogP contribution in [0.2, 0.25) is 10.0 Å². The molecule has 0 bridgehead atoms. The standard InChI is InChI=1S/C25H26Cl2N6O3/c1-35-22-13-16(25(34)32-8-10-36-11-9-32)2-5-20(22)29-23-14-21-24(31-30-23)28-6-7-33(21)15-17-12-18(26)3-4-19(17)27/h2-5,12-14H,6-11,15H2,1H3,(H,28,31)(H,29,30). The van der Waals surface area contributed by atoms with Gasteiger partial charge in [0.1, 0.15) is 5.75 Å². The van der Waals surface area contributed by atoms with Crippen LogP contribution in [0, 0.1) is 0 Å². The molecule has 11 heteroatoms. The van der Waals surface area contributed by atoms with Crippen LogP contribution in [-0.4, -0.2) is 67.5 Å². The monoisotopic (exact) mass is 528 g/mol. The normalized spacial score (nSPS) is 15.2. The number of nitrogens with one attached hydrogen (secondary N) is 2. The Morgan fingerprint density at radius 3 is 2.75 bits per heavy atom. The molecule has 1 amide bonds. The number of anilines is 4. The predicted molar refractivity (Wildman–Crippen MR) is 141 cm³/mol. The number of rotatable bonds is 6. The summed E-state index contributed by atoms with van der Waals surface area (Å²) in [6, 6.07) is 12.7. The van der Waals surface area contributed by atoms with E-state index in [-0.39, 0.29) is 5.91 Å². The Labute approximate surface area is 219 Å². The summed E-state index contributed by atoms with van der Waals surface area (Å²) in [4.78, 5) is 16.8. The van der Waals surface area contributed by atoms with Gasteiger partial charge in [0.25, 0.3) is 5.91 Å². The van der Waals surface area contributed by atoms with E-state index in [1.807, 2.05) is 18.2 Å². The molecule has 1 saturated heterocycles. The lowest BCUT2D eigenvalue weighted by atomic mass is 10.1. The summed E-state index contributed by atoms with van der Waals surface area (Å²) < 4.78 is 10.9. The number of methoxy groups -OCH3 is 1. The van der Waals surface area contributed by atoms with E-state index in [1.54, 1.807) is 36.3 Å². The van der Waals surface area contributed by atoms with Crippen LogP contribution in [0.3, 0.4) is 0 Å². The van der Waals surface area contributed by atoms with E-state index in [4.69, 9.17) is 32.7 Å². The van der Waals surface area contributed by atoms with Gasteiger partial charge in [0.2, 0.25) is 0 Å². The fourth-order valence-electron chi connectivity index (χ4n) is 4.29. The van der Waals surface area contributed by atoms with Crippen LogP contribution in [0.4, 0.5) is 23.0 Å². The number of amides is 1. The first-order valence-corrected chi connectivity index (χ1v) is 12.4. The molecule has 1 aromatic heterocycles. The van der Waals surface area contributed by atoms with Gasteiger partial charge in [-0.15, -0.1) is 10.2 Å². The van der Waals surface area contributed by atoms with Crippen LogP contribution in [0.1, 0.15) is 15.9 Å². The topological polar surface area (TPSA) is 91.8 Å². The number of halogens is 2. The van der Waals surface area contributed by atoms with E-state index in [0.29, 0.717) is 71.5 Å². The second-order valence-electron chi connectivity index (χ2n) is 8.49. The summed E-state index contributed by atoms with van der Waals surface area (Å²) in [6.45, 7) is 4.35. The van der Waals surface area contributed by atoms with Crippen molar-refractivity contribution >= 4 is 52.1 Å². The van der Waals surface area contributed by atoms with Gasteiger partial charge in [0, 0.05) is 54.4 Å². The molecular formula is C25H26Cl2N6O3. The lowest BCUT2D eigenvalue weighted by Gasteiger charge is -2.31. The molecule has 0 atom stereocenters. The molecule has 36 heavy (non-hydrogen) atoms. The zero-order valence-corrected chi connectivity index (χ0v) is 21.3. The summed E-state index contributed by atoms with van der Waals surface area (Å²) in [7, 11) is 1.57. The average molecular weight is 529 g/mol. The molecule has 2 aliphatic rings. The first kappa shape index (κ1) is 24.4. The van der Waals surface area contributed by atoms with Crippen molar-refractivity contribution in [3.63, 3.8) is 0 Å². The molecule has 9 nitrogen and oxygen atoms in total. The van der Waals surface area contributed by atoms with Gasteiger partial charge in [-0.05, 0) is 42.0 Å². The van der Waals surface area contributed by atoms with Crippen LogP contribution in [0.25, 0.3) is 0 Å². The number of morpholine rings is 1. The molecule has 0 radical (unpaired) electrons. The minimum absolute atomic E-state index is 0.0434. The van der Waals surface area contributed by atoms with E-state index in [9.17, 15) is 4.79 Å². The SMILES string of the molecule is COc1cc(C(=O)N2CCOCC2)ccc1Nc1cc2c(nn1)NCCN2Cc1cc(Cl)ccc1Cl. The number of aromatic nitrogens is 2. The minimum Gasteiger partial charge on any atom is -0.495 e. The van der Waals surface area contributed by atoms with Gasteiger partial charge in [-0.2, -0.15) is 0 Å². The highest BCUT2D eigenvalue weighted by Crippen LogP contribution is 2.34. The number of hydrogen-bond acceptors (Lipinski definition) is 8. The summed E-state index contributed by atoms with van der Waals surface area (Å²) in [5.74, 6) is 1.74. The fraction of sp³-hybridized carbons (Fsp3) is 0.320. The number of fused-ring (bicyclic) bond motifs is 1. The van der Waals surface area contributed by atoms with Gasteiger partial charge in [0.05, 0.1) is 31.7 Å². The second-order valence-corrected chi connectivity index (χ2v) is 9.34. The number of benzene rings is 2. The third-order valence-electron chi connectivity index (χ3n) is 6.17. The van der Waals surface area contributed by atoms with Crippen molar-refractivity contribution in [3.05, 3.63) is 63.6 Å². The molecule has 2 aliphatic heterocycles. The maximum Gasteiger partial charge on any atom is 0.254 e. The highest BCUT2D eigenvalue weighted by molar-refractivity contribution is 6.33. The van der Waals surface area contributed by atoms with E-state index in [2.05, 4.69) is 25.7 Å². The lowest BCUT2D eigenvalue weighted by Crippen LogP contribution is -2.40. The Kier molecular flexibility index (Phi) is 7.31. The van der Waals surface area contributed by atoms with Crippen molar-refractivity contribution in [2.45, 2.75) is 6.54 Å². The van der Waals surface area contributed by atoms with Crippen LogP contribution < -0.4 is 20.3 Å². The lowest BCUT2D eigenvalue weighted by molar-refractivity contribution is 0.0302. The van der Waals surface area contributed by atoms with Crippen LogP contribution in [0.15, 0.2) is 42.5 Å². The predicted octanol–water partition coefficient (Wildman–Crippen LogP) is 4.44. The Balaban J connectivity index is 1.37. The molecule has 0 saturated carbocycles. The number of hydrogen-bond donors (Lipinski definition) is 2. The number of nitrogens with zero attached hydrogens (tertiary/aromatic N) is 4. The quantitative estimate of drug-likeness (QED) is 0.485. The first-order chi connectivity index (χ1) is 17.5. The Hall–Kier alpha value is -3.27. The van der Waals surface area contributed by atoms with E-state index in [0.717, 1.165) is 24.3 Å². The summed E-state index contributed by atoms with van der Waals surface area (Å²) >= 11 is 12.6. The molecule has 0 spiro atoms. The molecule has 188 valence electrons. The van der Waals surface area contributed by atoms with Gasteiger partial charge in [0.15, 0.2) is 11.6 Å². The molecule has 1 fully saturated rings. The van der Waals surface area contributed by atoms with Gasteiger partial charge < -0.3 is 29.9 Å². The highest BCUT2D eigenvalue weighted by atomic mass is 35.5. The number of ether oxygens (including phenoxy) is 2. The smallest absolute Gasteiger partial charge is 0.254 e. The van der Waals surface area contributed by atoms with Gasteiger partial charge in [-0.3, -0.25) is 4.79 Å². The maximum absolute atomic E-state index is 12.9. The second kappa shape index (κ2) is 10.8. The third kappa shape index (κ3) is 5.28. The van der Waals surface area contributed by atoms with Crippen LogP contribution in [-0.2, 0) is 11.3 Å². The average Bonchev–Trinajstić information content (AvgIpc) is 2.91. The minimum atomic E-state index is -0.0434. The molecule has 2 aromatic carbocycles. The summed E-state index contributed by atoms with van der Waals surface area (Å²) in [5, 5.41) is 16.6. The van der Waals surface area contributed by atoms with Gasteiger partial charge in [-0.1, -0.05) is 23.2 Å². The fourth-order valence-corrected chi connectivity index (χ4v) is 4.66. The van der Waals surface area contributed by atoms with Crippen molar-refractivity contribution in [3.8, 4) is 5.75 Å². The molecule has 0 aliphatic carbocycles. The van der Waals surface area contributed by atoms with Crippen LogP contribution in [0.5, 0.6) is 5.75 Å². The van der Waals surface area contributed by atoms with Crippen molar-refractivity contribution in [1.29, 1.82) is 0 Å². The highest BCUT2D eigenvalue weighted by Gasteiger charge is 2.22. The molecule has 5 rings (SSSR count). The van der Waals surface area contributed by atoms with Crippen molar-refractivity contribution in [2.24, 2.45) is 0 Å². The largest absolute Gasteiger partial charge is 0.495 e. The maximum atomic E-state index is 12.9. The van der Waals surface area contributed by atoms with Gasteiger partial charge >= 0.3 is 0 Å². The Morgan fingerprint density at radius 2 is 1.94 bits per heavy atom. The van der Waals surface area contributed by atoms with Crippen molar-refractivity contribution < 1.29 is 14.3 Å². The number of carbonyl (C=O) groups excluding carboxylic acids is 1. The molecule has 2 N–H and O–H groups in total. The zero-order valence-electron chi connectivity index (χ0n) is 19.8. The summed E-state index contributed by atoms with van der Waals surface area (Å²) in [6.07, 6.45) is 0. The Morgan fingerprint density at radius 1 is 1.11 bits per heavy atom. The van der Waals surface area contributed by atoms with Crippen molar-refractivity contribution in [1.82, 2.24) is 15.1 Å². The number of carbonyl (C=O) groups is 1. The van der Waals surface area contributed by atoms with Gasteiger partial charge in [-0.25, -0.2) is 0 Å². The van der Waals surface area contributed by atoms with Crippen molar-refractivity contribution in [2.75, 3.05) is 62.0 Å². The molecular weight excluding hydrogens is 503 g/mol. The van der Waals surface area contributed by atoms with E-state index < -0.39 is 0 Å².